The van der Waals surface area contributed by atoms with Crippen LogP contribution in [0, 0.1) is 0 Å². The fourth-order valence-electron chi connectivity index (χ4n) is 1.55. The highest BCUT2D eigenvalue weighted by Gasteiger charge is 2.05. The van der Waals surface area contributed by atoms with Crippen LogP contribution in [0.4, 0.5) is 5.95 Å². The number of nitrogens with zero attached hydrogens (tertiary/aromatic N) is 2. The molecule has 1 heterocycles. The molecule has 0 radical (unpaired) electrons. The van der Waals surface area contributed by atoms with Crippen molar-refractivity contribution in [2.45, 2.75) is 6.61 Å². The van der Waals surface area contributed by atoms with Gasteiger partial charge < -0.3 is 9.47 Å². The normalized spacial score (nSPS) is 10.1. The number of benzene rings is 1. The molecule has 0 fully saturated rings. The minimum atomic E-state index is -0.363. The van der Waals surface area contributed by atoms with Gasteiger partial charge >= 0.3 is 0 Å². The molecule has 0 aliphatic heterocycles. The van der Waals surface area contributed by atoms with Crippen LogP contribution in [0.1, 0.15) is 5.56 Å². The number of rotatable bonds is 7. The molecule has 2 N–H and O–H groups in total. The Morgan fingerprint density at radius 1 is 1.32 bits per heavy atom. The Labute approximate surface area is 132 Å². The molecular formula is C14H15ClN4O3. The van der Waals surface area contributed by atoms with Crippen LogP contribution in [0.3, 0.4) is 0 Å². The van der Waals surface area contributed by atoms with Crippen LogP contribution >= 0.6 is 11.6 Å². The molecule has 0 atom stereocenters. The first kappa shape index (κ1) is 16.0. The van der Waals surface area contributed by atoms with Crippen molar-refractivity contribution in [3.63, 3.8) is 0 Å². The van der Waals surface area contributed by atoms with Gasteiger partial charge in [0.15, 0.2) is 0 Å². The molecule has 0 unspecified atom stereocenters. The number of carbonyl (C=O) groups excluding carboxylic acids is 1. The number of amides is 1. The Hall–Kier alpha value is -2.38. The summed E-state index contributed by atoms with van der Waals surface area (Å²) in [6.07, 6.45) is 1.51. The first-order valence-electron chi connectivity index (χ1n) is 6.42. The number of ether oxygens (including phenoxy) is 2. The highest BCUT2D eigenvalue weighted by Crippen LogP contribution is 2.15. The molecule has 0 saturated carbocycles. The van der Waals surface area contributed by atoms with E-state index in [4.69, 9.17) is 21.1 Å². The molecule has 0 saturated heterocycles. The molecule has 1 aromatic heterocycles. The largest absolute Gasteiger partial charge is 0.481 e. The van der Waals surface area contributed by atoms with E-state index in [1.54, 1.807) is 12.1 Å². The summed E-state index contributed by atoms with van der Waals surface area (Å²) in [5.74, 6) is 0.249. The van der Waals surface area contributed by atoms with Gasteiger partial charge in [0.1, 0.15) is 6.61 Å². The van der Waals surface area contributed by atoms with E-state index in [2.05, 4.69) is 20.8 Å². The van der Waals surface area contributed by atoms with Gasteiger partial charge in [0.05, 0.1) is 13.7 Å². The number of hydrogen-bond acceptors (Lipinski definition) is 6. The van der Waals surface area contributed by atoms with Crippen molar-refractivity contribution >= 4 is 23.5 Å². The Kier molecular flexibility index (Phi) is 5.93. The predicted octanol–water partition coefficient (Wildman–Crippen LogP) is 1.80. The average molecular weight is 323 g/mol. The van der Waals surface area contributed by atoms with Crippen LogP contribution in [-0.2, 0) is 16.1 Å². The van der Waals surface area contributed by atoms with Gasteiger partial charge in [-0.25, -0.2) is 4.98 Å². The predicted molar refractivity (Wildman–Crippen MR) is 81.5 cm³/mol. The average Bonchev–Trinajstić information content (AvgIpc) is 2.55. The molecule has 0 spiro atoms. The summed E-state index contributed by atoms with van der Waals surface area (Å²) in [5.41, 5.74) is 5.82. The van der Waals surface area contributed by atoms with E-state index >= 15 is 0 Å². The van der Waals surface area contributed by atoms with Gasteiger partial charge in [0.2, 0.25) is 11.8 Å². The van der Waals surface area contributed by atoms with Gasteiger partial charge in [-0.15, -0.1) is 0 Å². The lowest BCUT2D eigenvalue weighted by molar-refractivity contribution is -0.125. The molecule has 7 nitrogen and oxygen atoms in total. The summed E-state index contributed by atoms with van der Waals surface area (Å²) in [6, 6.07) is 8.88. The highest BCUT2D eigenvalue weighted by molar-refractivity contribution is 6.31. The molecule has 1 aromatic carbocycles. The van der Waals surface area contributed by atoms with Gasteiger partial charge in [-0.3, -0.25) is 15.6 Å². The lowest BCUT2D eigenvalue weighted by Crippen LogP contribution is -2.33. The maximum Gasteiger partial charge on any atom is 0.264 e. The van der Waals surface area contributed by atoms with E-state index in [0.29, 0.717) is 10.9 Å². The standard InChI is InChI=1S/C14H15ClN4O3/c1-21-13-6-7-16-14(17-13)19-18-12(20)9-22-8-10-4-2-3-5-11(10)15/h2-7H,8-9H2,1H3,(H,18,20)(H,16,17,19). The zero-order valence-electron chi connectivity index (χ0n) is 11.9. The second-order valence-corrected chi connectivity index (χ2v) is 4.59. The topological polar surface area (TPSA) is 85.4 Å². The van der Waals surface area contributed by atoms with Crippen LogP contribution in [0.25, 0.3) is 0 Å². The molecule has 2 aromatic rings. The van der Waals surface area contributed by atoms with Gasteiger partial charge in [0, 0.05) is 17.3 Å². The summed E-state index contributed by atoms with van der Waals surface area (Å²) in [6.45, 7) is 0.130. The Morgan fingerprint density at radius 2 is 2.14 bits per heavy atom. The summed E-state index contributed by atoms with van der Waals surface area (Å²) in [5, 5.41) is 0.603. The van der Waals surface area contributed by atoms with Crippen LogP contribution < -0.4 is 15.6 Å². The van der Waals surface area contributed by atoms with Crippen molar-refractivity contribution in [3.8, 4) is 5.88 Å². The Balaban J connectivity index is 1.73. The molecule has 116 valence electrons. The zero-order chi connectivity index (χ0) is 15.8. The fourth-order valence-corrected chi connectivity index (χ4v) is 1.74. The second kappa shape index (κ2) is 8.16. The lowest BCUT2D eigenvalue weighted by atomic mass is 10.2. The maximum absolute atomic E-state index is 11.6. The number of aromatic nitrogens is 2. The van der Waals surface area contributed by atoms with Gasteiger partial charge in [-0.1, -0.05) is 29.8 Å². The van der Waals surface area contributed by atoms with Crippen LogP contribution in [-0.4, -0.2) is 29.6 Å². The third-order valence-electron chi connectivity index (χ3n) is 2.60. The summed E-state index contributed by atoms with van der Waals surface area (Å²) >= 11 is 5.99. The van der Waals surface area contributed by atoms with E-state index in [9.17, 15) is 4.79 Å². The van der Waals surface area contributed by atoms with E-state index < -0.39 is 0 Å². The third-order valence-corrected chi connectivity index (χ3v) is 2.97. The maximum atomic E-state index is 11.6. The second-order valence-electron chi connectivity index (χ2n) is 4.18. The van der Waals surface area contributed by atoms with Gasteiger partial charge in [0.25, 0.3) is 5.91 Å². The SMILES string of the molecule is COc1ccnc(NNC(=O)COCc2ccccc2Cl)n1. The number of hydrogen-bond donors (Lipinski definition) is 2. The number of hydrazine groups is 1. The number of anilines is 1. The molecule has 8 heteroatoms. The number of nitrogens with one attached hydrogen (secondary N) is 2. The van der Waals surface area contributed by atoms with Crippen molar-refractivity contribution < 1.29 is 14.3 Å². The van der Waals surface area contributed by atoms with Crippen LogP contribution in [0.15, 0.2) is 36.5 Å². The summed E-state index contributed by atoms with van der Waals surface area (Å²) in [4.78, 5) is 19.5. The molecule has 1 amide bonds. The fraction of sp³-hybridized carbons (Fsp3) is 0.214. The first-order valence-corrected chi connectivity index (χ1v) is 6.80. The van der Waals surface area contributed by atoms with Crippen molar-refractivity contribution in [1.82, 2.24) is 15.4 Å². The summed E-state index contributed by atoms with van der Waals surface area (Å²) in [7, 11) is 1.49. The van der Waals surface area contributed by atoms with Crippen molar-refractivity contribution in [1.29, 1.82) is 0 Å². The zero-order valence-corrected chi connectivity index (χ0v) is 12.6. The quantitative estimate of drug-likeness (QED) is 0.756. The number of halogens is 1. The summed E-state index contributed by atoms with van der Waals surface area (Å²) < 4.78 is 10.2. The molecule has 2 rings (SSSR count). The molecule has 0 aliphatic rings. The first-order chi connectivity index (χ1) is 10.7. The molecular weight excluding hydrogens is 308 g/mol. The van der Waals surface area contributed by atoms with Gasteiger partial charge in [-0.2, -0.15) is 4.98 Å². The lowest BCUT2D eigenvalue weighted by Gasteiger charge is -2.08. The van der Waals surface area contributed by atoms with E-state index in [0.717, 1.165) is 5.56 Å². The van der Waals surface area contributed by atoms with Crippen molar-refractivity contribution in [2.75, 3.05) is 19.1 Å². The molecule has 0 bridgehead atoms. The van der Waals surface area contributed by atoms with E-state index in [-0.39, 0.29) is 25.1 Å². The monoisotopic (exact) mass is 322 g/mol. The van der Waals surface area contributed by atoms with E-state index in [1.165, 1.54) is 13.3 Å². The molecule has 22 heavy (non-hydrogen) atoms. The number of carbonyl (C=O) groups is 1. The third kappa shape index (κ3) is 4.87. The van der Waals surface area contributed by atoms with Crippen molar-refractivity contribution in [2.24, 2.45) is 0 Å². The Bertz CT molecular complexity index is 639. The molecule has 0 aliphatic carbocycles. The van der Waals surface area contributed by atoms with Crippen LogP contribution in [0.2, 0.25) is 5.02 Å². The van der Waals surface area contributed by atoms with Crippen molar-refractivity contribution in [3.05, 3.63) is 47.1 Å². The van der Waals surface area contributed by atoms with E-state index in [1.807, 2.05) is 18.2 Å². The Morgan fingerprint density at radius 3 is 2.91 bits per heavy atom. The number of methoxy groups -OCH3 is 1. The highest BCUT2D eigenvalue weighted by atomic mass is 35.5. The minimum Gasteiger partial charge on any atom is -0.481 e. The van der Waals surface area contributed by atoms with Crippen LogP contribution in [0.5, 0.6) is 5.88 Å². The smallest absolute Gasteiger partial charge is 0.264 e. The van der Waals surface area contributed by atoms with Gasteiger partial charge in [-0.05, 0) is 11.6 Å². The minimum absolute atomic E-state index is 0.123.